The number of rotatable bonds is 5. The van der Waals surface area contributed by atoms with Gasteiger partial charge in [0.1, 0.15) is 11.5 Å². The average molecular weight is 380 g/mol. The number of hydrogen-bond donors (Lipinski definition) is 1. The van der Waals surface area contributed by atoms with Crippen molar-refractivity contribution < 1.29 is 26.7 Å². The number of nitrogens with one attached hydrogen (secondary N) is 1. The smallest absolute Gasteiger partial charge is 0.237 e. The molecule has 0 aliphatic rings. The van der Waals surface area contributed by atoms with Gasteiger partial charge in [-0.3, -0.25) is 4.79 Å². The summed E-state index contributed by atoms with van der Waals surface area (Å²) in [6, 6.07) is 0. The number of anilines is 1. The number of aryl methyl sites for hydroxylation is 1. The molecule has 11 heteroatoms. The van der Waals surface area contributed by atoms with Gasteiger partial charge in [-0.2, -0.15) is 0 Å². The zero-order valence-corrected chi connectivity index (χ0v) is 14.1. The lowest BCUT2D eigenvalue weighted by molar-refractivity contribution is -0.115. The number of aromatic nitrogens is 3. The van der Waals surface area contributed by atoms with Crippen LogP contribution in [0.1, 0.15) is 19.7 Å². The van der Waals surface area contributed by atoms with Gasteiger partial charge < -0.3 is 9.88 Å². The second-order valence-corrected chi connectivity index (χ2v) is 6.28. The Morgan fingerprint density at radius 1 is 1.08 bits per heavy atom. The van der Waals surface area contributed by atoms with Crippen molar-refractivity contribution in [2.24, 2.45) is 0 Å². The zero-order chi connectivity index (χ0) is 18.9. The van der Waals surface area contributed by atoms with Crippen LogP contribution < -0.4 is 5.32 Å². The van der Waals surface area contributed by atoms with Gasteiger partial charge in [-0.25, -0.2) is 22.0 Å². The van der Waals surface area contributed by atoms with E-state index in [-0.39, 0.29) is 0 Å². The second-order valence-electron chi connectivity index (χ2n) is 4.97. The van der Waals surface area contributed by atoms with E-state index in [0.29, 0.717) is 17.5 Å². The summed E-state index contributed by atoms with van der Waals surface area (Å²) in [5, 5.41) is 8.91. The van der Waals surface area contributed by atoms with E-state index in [9.17, 15) is 26.7 Å². The lowest BCUT2D eigenvalue weighted by Gasteiger charge is -2.14. The van der Waals surface area contributed by atoms with E-state index in [1.54, 1.807) is 16.8 Å². The van der Waals surface area contributed by atoms with E-state index >= 15 is 0 Å². The maximum absolute atomic E-state index is 13.6. The summed E-state index contributed by atoms with van der Waals surface area (Å²) in [6.45, 7) is 5.48. The fraction of sp³-hybridized carbons (Fsp3) is 0.357. The summed E-state index contributed by atoms with van der Waals surface area (Å²) >= 11 is 0.937. The van der Waals surface area contributed by atoms with Crippen LogP contribution in [0.2, 0.25) is 0 Å². The van der Waals surface area contributed by atoms with Gasteiger partial charge in [0.15, 0.2) is 28.4 Å². The van der Waals surface area contributed by atoms with E-state index in [1.165, 1.54) is 6.92 Å². The van der Waals surface area contributed by atoms with Crippen LogP contribution in [-0.2, 0) is 11.3 Å². The predicted octanol–water partition coefficient (Wildman–Crippen LogP) is 3.42. The minimum absolute atomic E-state index is 0.389. The summed E-state index contributed by atoms with van der Waals surface area (Å²) in [5.74, 6) is -11.1. The SMILES string of the molecule is CCn1c(C)nnc1S[C@H](C)C(=O)Nc1c(F)c(F)c(F)c(F)c1F. The van der Waals surface area contributed by atoms with E-state index < -0.39 is 45.9 Å². The van der Waals surface area contributed by atoms with Gasteiger partial charge in [-0.1, -0.05) is 11.8 Å². The van der Waals surface area contributed by atoms with Crippen molar-refractivity contribution in [1.82, 2.24) is 14.8 Å². The molecule has 0 spiro atoms. The highest BCUT2D eigenvalue weighted by Gasteiger charge is 2.28. The average Bonchev–Trinajstić information content (AvgIpc) is 2.94. The fourth-order valence-corrected chi connectivity index (χ4v) is 2.92. The first-order valence-corrected chi connectivity index (χ1v) is 7.95. The Morgan fingerprint density at radius 3 is 2.12 bits per heavy atom. The molecule has 0 bridgehead atoms. The molecule has 2 rings (SSSR count). The van der Waals surface area contributed by atoms with Gasteiger partial charge in [-0.05, 0) is 20.8 Å². The summed E-state index contributed by atoms with van der Waals surface area (Å²) in [4.78, 5) is 12.1. The quantitative estimate of drug-likeness (QED) is 0.374. The van der Waals surface area contributed by atoms with Crippen molar-refractivity contribution in [3.05, 3.63) is 34.9 Å². The lowest BCUT2D eigenvalue weighted by Crippen LogP contribution is -2.25. The number of halogens is 5. The van der Waals surface area contributed by atoms with E-state index in [1.807, 2.05) is 6.92 Å². The van der Waals surface area contributed by atoms with Crippen molar-refractivity contribution in [1.29, 1.82) is 0 Å². The Balaban J connectivity index is 2.22. The Hall–Kier alpha value is -2.17. The Bertz CT molecular complexity index is 797. The highest BCUT2D eigenvalue weighted by Crippen LogP contribution is 2.29. The second kappa shape index (κ2) is 7.38. The minimum Gasteiger partial charge on any atom is -0.320 e. The number of carbonyl (C=O) groups excluding carboxylic acids is 1. The maximum atomic E-state index is 13.6. The molecule has 0 saturated carbocycles. The Kier molecular flexibility index (Phi) is 5.65. The zero-order valence-electron chi connectivity index (χ0n) is 13.3. The molecule has 1 atom stereocenters. The minimum atomic E-state index is -2.29. The third kappa shape index (κ3) is 3.60. The van der Waals surface area contributed by atoms with Crippen LogP contribution in [0.5, 0.6) is 0 Å². The van der Waals surface area contributed by atoms with Crippen molar-refractivity contribution in [3.63, 3.8) is 0 Å². The van der Waals surface area contributed by atoms with Gasteiger partial charge in [0.25, 0.3) is 0 Å². The van der Waals surface area contributed by atoms with Gasteiger partial charge in [0, 0.05) is 6.54 Å². The third-order valence-electron chi connectivity index (χ3n) is 3.33. The number of thioether (sulfide) groups is 1. The summed E-state index contributed by atoms with van der Waals surface area (Å²) in [6.07, 6.45) is 0. The van der Waals surface area contributed by atoms with Gasteiger partial charge in [0.05, 0.1) is 5.25 Å². The fourth-order valence-electron chi connectivity index (χ4n) is 1.96. The maximum Gasteiger partial charge on any atom is 0.237 e. The molecular formula is C14H13F5N4OS. The van der Waals surface area contributed by atoms with Crippen molar-refractivity contribution >= 4 is 23.4 Å². The first-order valence-electron chi connectivity index (χ1n) is 7.07. The van der Waals surface area contributed by atoms with Crippen LogP contribution in [0, 0.1) is 36.0 Å². The van der Waals surface area contributed by atoms with Crippen LogP contribution in [0.25, 0.3) is 0 Å². The first-order chi connectivity index (χ1) is 11.7. The number of carbonyl (C=O) groups is 1. The van der Waals surface area contributed by atoms with Gasteiger partial charge in [-0.15, -0.1) is 10.2 Å². The molecule has 1 aromatic carbocycles. The van der Waals surface area contributed by atoms with Gasteiger partial charge in [0.2, 0.25) is 11.7 Å². The molecule has 0 saturated heterocycles. The van der Waals surface area contributed by atoms with E-state index in [0.717, 1.165) is 11.8 Å². The first kappa shape index (κ1) is 19.2. The summed E-state index contributed by atoms with van der Waals surface area (Å²) in [5.41, 5.74) is -1.39. The molecule has 1 aromatic heterocycles. The molecule has 1 N–H and O–H groups in total. The topological polar surface area (TPSA) is 59.8 Å². The largest absolute Gasteiger partial charge is 0.320 e. The monoisotopic (exact) mass is 380 g/mol. The van der Waals surface area contributed by atoms with Crippen LogP contribution in [0.4, 0.5) is 27.6 Å². The highest BCUT2D eigenvalue weighted by molar-refractivity contribution is 8.00. The summed E-state index contributed by atoms with van der Waals surface area (Å²) in [7, 11) is 0. The number of nitrogens with zero attached hydrogens (tertiary/aromatic N) is 3. The molecule has 136 valence electrons. The highest BCUT2D eigenvalue weighted by atomic mass is 32.2. The number of benzene rings is 1. The van der Waals surface area contributed by atoms with Crippen LogP contribution in [0.3, 0.4) is 0 Å². The molecule has 1 heterocycles. The standard InChI is InChI=1S/C14H13F5N4OS/c1-4-23-6(3)21-22-14(23)25-5(2)13(24)20-12-10(18)8(16)7(15)9(17)11(12)19/h5H,4H2,1-3H3,(H,20,24)/t5-/m1/s1. The van der Waals surface area contributed by atoms with Crippen molar-refractivity contribution in [2.45, 2.75) is 37.7 Å². The van der Waals surface area contributed by atoms with E-state index in [4.69, 9.17) is 0 Å². The molecule has 5 nitrogen and oxygen atoms in total. The Labute approximate surface area is 143 Å². The molecule has 2 aromatic rings. The van der Waals surface area contributed by atoms with Crippen LogP contribution in [0.15, 0.2) is 5.16 Å². The number of amides is 1. The van der Waals surface area contributed by atoms with Crippen molar-refractivity contribution in [2.75, 3.05) is 5.32 Å². The molecule has 25 heavy (non-hydrogen) atoms. The molecule has 0 radical (unpaired) electrons. The lowest BCUT2D eigenvalue weighted by atomic mass is 10.2. The predicted molar refractivity (Wildman–Crippen MR) is 80.6 cm³/mol. The summed E-state index contributed by atoms with van der Waals surface area (Å²) < 4.78 is 68.2. The molecule has 0 aliphatic carbocycles. The molecule has 0 unspecified atom stereocenters. The van der Waals surface area contributed by atoms with Crippen molar-refractivity contribution in [3.8, 4) is 0 Å². The van der Waals surface area contributed by atoms with E-state index in [2.05, 4.69) is 10.2 Å². The normalized spacial score (nSPS) is 12.3. The van der Waals surface area contributed by atoms with Crippen LogP contribution in [-0.4, -0.2) is 25.9 Å². The molecule has 0 aliphatic heterocycles. The number of hydrogen-bond acceptors (Lipinski definition) is 4. The Morgan fingerprint density at radius 2 is 1.60 bits per heavy atom. The molecular weight excluding hydrogens is 367 g/mol. The van der Waals surface area contributed by atoms with Gasteiger partial charge >= 0.3 is 0 Å². The molecule has 1 amide bonds. The third-order valence-corrected chi connectivity index (χ3v) is 4.41. The van der Waals surface area contributed by atoms with Crippen LogP contribution >= 0.6 is 11.8 Å². The molecule has 0 fully saturated rings.